The highest BCUT2D eigenvalue weighted by Gasteiger charge is 2.34. The maximum atomic E-state index is 14.0. The number of carbonyl (C=O) groups excluding carboxylic acids is 1. The monoisotopic (exact) mass is 634 g/mol. The molecule has 1 aromatic heterocycles. The van der Waals surface area contributed by atoms with Gasteiger partial charge >= 0.3 is 5.97 Å². The molecule has 0 radical (unpaired) electrons. The van der Waals surface area contributed by atoms with Gasteiger partial charge in [0.15, 0.2) is 27.8 Å². The van der Waals surface area contributed by atoms with Crippen LogP contribution in [0, 0.1) is 0 Å². The fourth-order valence-corrected chi connectivity index (χ4v) is 6.09. The molecule has 0 spiro atoms. The van der Waals surface area contributed by atoms with E-state index in [2.05, 4.69) is 4.99 Å². The van der Waals surface area contributed by atoms with Gasteiger partial charge in [0, 0.05) is 5.02 Å². The van der Waals surface area contributed by atoms with Crippen molar-refractivity contribution < 1.29 is 28.5 Å². The number of esters is 1. The molecule has 0 saturated carbocycles. The molecule has 0 aliphatic carbocycles. The summed E-state index contributed by atoms with van der Waals surface area (Å²) in [5, 5.41) is 0.656. The molecule has 0 bridgehead atoms. The highest BCUT2D eigenvalue weighted by Crippen LogP contribution is 2.36. The number of ether oxygens (including phenoxy) is 5. The minimum Gasteiger partial charge on any atom is -0.493 e. The van der Waals surface area contributed by atoms with Gasteiger partial charge in [-0.3, -0.25) is 9.36 Å². The van der Waals surface area contributed by atoms with Gasteiger partial charge in [-0.2, -0.15) is 0 Å². The molecule has 4 aromatic rings. The predicted octanol–water partition coefficient (Wildman–Crippen LogP) is 5.06. The van der Waals surface area contributed by atoms with Crippen LogP contribution >= 0.6 is 22.9 Å². The number of nitrogens with zero attached hydrogens (tertiary/aromatic N) is 2. The van der Waals surface area contributed by atoms with Crippen LogP contribution in [-0.4, -0.2) is 38.5 Å². The summed E-state index contributed by atoms with van der Waals surface area (Å²) < 4.78 is 29.8. The van der Waals surface area contributed by atoms with Crippen LogP contribution in [0.3, 0.4) is 0 Å². The van der Waals surface area contributed by atoms with Crippen LogP contribution in [0.15, 0.2) is 81.7 Å². The maximum Gasteiger partial charge on any atom is 0.338 e. The first-order valence-electron chi connectivity index (χ1n) is 13.7. The molecule has 0 saturated heterocycles. The molecule has 0 N–H and O–H groups in total. The summed E-state index contributed by atoms with van der Waals surface area (Å²) >= 11 is 7.22. The Morgan fingerprint density at radius 3 is 2.32 bits per heavy atom. The summed E-state index contributed by atoms with van der Waals surface area (Å²) in [5.41, 5.74) is 2.79. The minimum atomic E-state index is -0.787. The molecule has 228 valence electrons. The summed E-state index contributed by atoms with van der Waals surface area (Å²) in [6.07, 6.45) is 1.77. The number of halogens is 1. The number of thiazole rings is 1. The largest absolute Gasteiger partial charge is 0.493 e. The summed E-state index contributed by atoms with van der Waals surface area (Å²) in [7, 11) is 4.63. The first-order valence-corrected chi connectivity index (χ1v) is 14.9. The normalized spacial score (nSPS) is 14.5. The Morgan fingerprint density at radius 1 is 0.955 bits per heavy atom. The van der Waals surface area contributed by atoms with Crippen LogP contribution in [0.4, 0.5) is 0 Å². The standard InChI is InChI=1S/C33H31ClN2O7S/c1-6-42-32(38)29-19(2)35-33-36(30(29)22-10-14-24(39-3)27(17-22)41-5)31(37)28(44-33)16-21-9-13-25(26(15-21)40-4)43-18-20-7-11-23(34)12-8-20/h7-17,30H,6,18H2,1-5H3/b28-16-/t30-/m1/s1. The first-order chi connectivity index (χ1) is 21.3. The Hall–Kier alpha value is -4.54. The number of aromatic nitrogens is 1. The number of allylic oxidation sites excluding steroid dienone is 1. The third-order valence-corrected chi connectivity index (χ3v) is 8.27. The van der Waals surface area contributed by atoms with Crippen molar-refractivity contribution in [3.8, 4) is 23.0 Å². The zero-order chi connectivity index (χ0) is 31.4. The molecule has 44 heavy (non-hydrogen) atoms. The van der Waals surface area contributed by atoms with E-state index in [1.165, 1.54) is 23.0 Å². The van der Waals surface area contributed by atoms with Gasteiger partial charge in [0.25, 0.3) is 5.56 Å². The lowest BCUT2D eigenvalue weighted by molar-refractivity contribution is -0.139. The molecule has 0 fully saturated rings. The number of rotatable bonds is 10. The number of hydrogen-bond donors (Lipinski definition) is 0. The van der Waals surface area contributed by atoms with Crippen molar-refractivity contribution in [2.24, 2.45) is 4.99 Å². The lowest BCUT2D eigenvalue weighted by atomic mass is 9.95. The van der Waals surface area contributed by atoms with Gasteiger partial charge in [-0.1, -0.05) is 47.2 Å². The zero-order valence-electron chi connectivity index (χ0n) is 24.9. The fraction of sp³-hybridized carbons (Fsp3) is 0.242. The summed E-state index contributed by atoms with van der Waals surface area (Å²) in [6, 6.07) is 17.4. The molecule has 0 amide bonds. The van der Waals surface area contributed by atoms with Crippen LogP contribution in [-0.2, 0) is 16.1 Å². The third-order valence-electron chi connectivity index (χ3n) is 7.03. The average Bonchev–Trinajstić information content (AvgIpc) is 3.33. The molecule has 1 aliphatic rings. The molecule has 3 aromatic carbocycles. The van der Waals surface area contributed by atoms with E-state index in [0.29, 0.717) is 55.2 Å². The van der Waals surface area contributed by atoms with Crippen molar-refractivity contribution in [2.75, 3.05) is 27.9 Å². The minimum absolute atomic E-state index is 0.180. The molecule has 5 rings (SSSR count). The molecule has 2 heterocycles. The predicted molar refractivity (Wildman–Crippen MR) is 169 cm³/mol. The second kappa shape index (κ2) is 13.4. The second-order valence-electron chi connectivity index (χ2n) is 9.74. The molecule has 0 unspecified atom stereocenters. The van der Waals surface area contributed by atoms with E-state index < -0.39 is 12.0 Å². The van der Waals surface area contributed by atoms with E-state index >= 15 is 0 Å². The smallest absolute Gasteiger partial charge is 0.338 e. The van der Waals surface area contributed by atoms with Crippen molar-refractivity contribution in [2.45, 2.75) is 26.5 Å². The Bertz CT molecular complexity index is 1910. The van der Waals surface area contributed by atoms with E-state index in [4.69, 9.17) is 35.3 Å². The number of hydrogen-bond acceptors (Lipinski definition) is 9. The third kappa shape index (κ3) is 6.22. The van der Waals surface area contributed by atoms with Crippen molar-refractivity contribution in [3.63, 3.8) is 0 Å². The second-order valence-corrected chi connectivity index (χ2v) is 11.2. The first kappa shape index (κ1) is 30.9. The van der Waals surface area contributed by atoms with Crippen molar-refractivity contribution >= 4 is 35.0 Å². The molecule has 1 atom stereocenters. The average molecular weight is 635 g/mol. The van der Waals surface area contributed by atoms with E-state index in [1.807, 2.05) is 30.3 Å². The van der Waals surface area contributed by atoms with Crippen molar-refractivity contribution in [1.82, 2.24) is 4.57 Å². The van der Waals surface area contributed by atoms with E-state index in [0.717, 1.165) is 11.1 Å². The molecule has 9 nitrogen and oxygen atoms in total. The van der Waals surface area contributed by atoms with E-state index in [1.54, 1.807) is 64.5 Å². The number of benzene rings is 3. The van der Waals surface area contributed by atoms with Gasteiger partial charge in [0.1, 0.15) is 6.61 Å². The lowest BCUT2D eigenvalue weighted by Crippen LogP contribution is -2.39. The van der Waals surface area contributed by atoms with Crippen molar-refractivity contribution in [3.05, 3.63) is 113 Å². The van der Waals surface area contributed by atoms with Gasteiger partial charge in [0.2, 0.25) is 0 Å². The van der Waals surface area contributed by atoms with Crippen LogP contribution < -0.4 is 33.8 Å². The van der Waals surface area contributed by atoms with E-state index in [9.17, 15) is 9.59 Å². The summed E-state index contributed by atoms with van der Waals surface area (Å²) in [4.78, 5) is 32.3. The highest BCUT2D eigenvalue weighted by molar-refractivity contribution is 7.07. The van der Waals surface area contributed by atoms with Gasteiger partial charge in [-0.15, -0.1) is 0 Å². The topological polar surface area (TPSA) is 97.6 Å². The molecular weight excluding hydrogens is 604 g/mol. The van der Waals surface area contributed by atoms with Crippen molar-refractivity contribution in [1.29, 1.82) is 0 Å². The summed E-state index contributed by atoms with van der Waals surface area (Å²) in [6.45, 7) is 3.99. The van der Waals surface area contributed by atoms with Gasteiger partial charge < -0.3 is 23.7 Å². The van der Waals surface area contributed by atoms with Crippen LogP contribution in [0.25, 0.3) is 6.08 Å². The fourth-order valence-electron chi connectivity index (χ4n) is 4.92. The number of fused-ring (bicyclic) bond motifs is 1. The van der Waals surface area contributed by atoms with Crippen LogP contribution in [0.2, 0.25) is 5.02 Å². The maximum absolute atomic E-state index is 14.0. The molecule has 1 aliphatic heterocycles. The Kier molecular flexibility index (Phi) is 9.41. The van der Waals surface area contributed by atoms with Gasteiger partial charge in [-0.05, 0) is 73.0 Å². The summed E-state index contributed by atoms with van der Waals surface area (Å²) in [5.74, 6) is 1.53. The lowest BCUT2D eigenvalue weighted by Gasteiger charge is -2.25. The zero-order valence-corrected chi connectivity index (χ0v) is 26.5. The number of methoxy groups -OCH3 is 3. The Morgan fingerprint density at radius 2 is 1.64 bits per heavy atom. The Labute approximate surface area is 263 Å². The highest BCUT2D eigenvalue weighted by atomic mass is 35.5. The molecular formula is C33H31ClN2O7S. The van der Waals surface area contributed by atoms with Gasteiger partial charge in [-0.25, -0.2) is 9.79 Å². The van der Waals surface area contributed by atoms with Crippen LogP contribution in [0.1, 0.15) is 36.6 Å². The quantitative estimate of drug-likeness (QED) is 0.225. The van der Waals surface area contributed by atoms with Gasteiger partial charge in [0.05, 0.1) is 49.8 Å². The Balaban J connectivity index is 1.56. The van der Waals surface area contributed by atoms with E-state index in [-0.39, 0.29) is 17.7 Å². The molecule has 11 heteroatoms. The SMILES string of the molecule is CCOC(=O)C1=C(C)N=c2s/c(=C\c3ccc(OCc4ccc(Cl)cc4)c(OC)c3)c(=O)n2[C@@H]1c1ccc(OC)c(OC)c1. The number of carbonyl (C=O) groups is 1. The van der Waals surface area contributed by atoms with Crippen LogP contribution in [0.5, 0.6) is 23.0 Å².